The van der Waals surface area contributed by atoms with Crippen molar-refractivity contribution in [2.24, 2.45) is 0 Å². The van der Waals surface area contributed by atoms with E-state index in [1.54, 1.807) is 49.1 Å². The molecule has 0 aliphatic carbocycles. The smallest absolute Gasteiger partial charge is 0.260 e. The molecular weight excluding hydrogens is 420 g/mol. The van der Waals surface area contributed by atoms with Crippen molar-refractivity contribution in [2.45, 2.75) is 6.54 Å². The van der Waals surface area contributed by atoms with Gasteiger partial charge in [-0.05, 0) is 35.9 Å². The number of rotatable bonds is 4. The number of benzene rings is 2. The molecule has 0 N–H and O–H groups in total. The molecule has 0 fully saturated rings. The summed E-state index contributed by atoms with van der Waals surface area (Å²) in [7, 11) is 0. The molecule has 1 amide bonds. The minimum Gasteiger partial charge on any atom is -0.279 e. The van der Waals surface area contributed by atoms with Crippen LogP contribution < -0.4 is 4.90 Å². The van der Waals surface area contributed by atoms with Gasteiger partial charge >= 0.3 is 0 Å². The topological polar surface area (TPSA) is 71.9 Å². The van der Waals surface area contributed by atoms with E-state index in [-0.39, 0.29) is 23.1 Å². The Labute approximate surface area is 178 Å². The van der Waals surface area contributed by atoms with Crippen LogP contribution in [0.4, 0.5) is 13.9 Å². The van der Waals surface area contributed by atoms with Gasteiger partial charge < -0.3 is 0 Å². The van der Waals surface area contributed by atoms with Gasteiger partial charge in [0.05, 0.1) is 22.3 Å². The lowest BCUT2D eigenvalue weighted by Gasteiger charge is -2.20. The molecule has 152 valence electrons. The molecule has 5 rings (SSSR count). The Kier molecular flexibility index (Phi) is 4.79. The highest BCUT2D eigenvalue weighted by atomic mass is 32.1. The molecule has 0 aliphatic rings. The van der Waals surface area contributed by atoms with E-state index < -0.39 is 11.6 Å². The molecular formula is C22H13F2N5OS. The van der Waals surface area contributed by atoms with Crippen molar-refractivity contribution in [3.8, 4) is 0 Å². The number of fused-ring (bicyclic) bond motifs is 2. The van der Waals surface area contributed by atoms with Crippen molar-refractivity contribution in [3.05, 3.63) is 90.0 Å². The first kappa shape index (κ1) is 19.1. The molecule has 6 nitrogen and oxygen atoms in total. The number of hydrogen-bond donors (Lipinski definition) is 0. The van der Waals surface area contributed by atoms with Gasteiger partial charge in [0.25, 0.3) is 5.91 Å². The van der Waals surface area contributed by atoms with Crippen molar-refractivity contribution in [2.75, 3.05) is 4.90 Å². The van der Waals surface area contributed by atoms with Crippen molar-refractivity contribution in [3.63, 3.8) is 0 Å². The number of hydrogen-bond acceptors (Lipinski definition) is 6. The van der Waals surface area contributed by atoms with Crippen LogP contribution in [-0.4, -0.2) is 25.8 Å². The van der Waals surface area contributed by atoms with Gasteiger partial charge in [-0.25, -0.2) is 13.8 Å². The molecule has 0 spiro atoms. The summed E-state index contributed by atoms with van der Waals surface area (Å²) >= 11 is 1.05. The van der Waals surface area contributed by atoms with Crippen LogP contribution in [0.15, 0.2) is 67.3 Å². The molecule has 0 saturated carbocycles. The van der Waals surface area contributed by atoms with Crippen LogP contribution in [0.3, 0.4) is 0 Å². The molecule has 0 atom stereocenters. The van der Waals surface area contributed by atoms with Crippen LogP contribution in [0.5, 0.6) is 0 Å². The van der Waals surface area contributed by atoms with Gasteiger partial charge in [0.15, 0.2) is 10.9 Å². The zero-order chi connectivity index (χ0) is 21.4. The Bertz CT molecular complexity index is 1420. The average Bonchev–Trinajstić information content (AvgIpc) is 3.21. The minimum absolute atomic E-state index is 0.0229. The fraction of sp³-hybridized carbons (Fsp3) is 0.0455. The second-order valence-electron chi connectivity index (χ2n) is 6.74. The maximum Gasteiger partial charge on any atom is 0.260 e. The van der Waals surface area contributed by atoms with E-state index in [2.05, 4.69) is 19.9 Å². The van der Waals surface area contributed by atoms with Gasteiger partial charge in [-0.2, -0.15) is 0 Å². The fourth-order valence-electron chi connectivity index (χ4n) is 3.21. The Morgan fingerprint density at radius 3 is 2.65 bits per heavy atom. The number of aromatic nitrogens is 4. The second kappa shape index (κ2) is 7.77. The third kappa shape index (κ3) is 3.71. The molecule has 3 aromatic heterocycles. The van der Waals surface area contributed by atoms with E-state index in [1.165, 1.54) is 11.0 Å². The number of nitrogens with zero attached hydrogens (tertiary/aromatic N) is 5. The highest BCUT2D eigenvalue weighted by molar-refractivity contribution is 7.22. The Hall–Kier alpha value is -3.85. The molecule has 0 unspecified atom stereocenters. The number of halogens is 2. The number of anilines is 1. The van der Waals surface area contributed by atoms with Gasteiger partial charge in [-0.1, -0.05) is 17.4 Å². The molecule has 0 aliphatic heterocycles. The second-order valence-corrected chi connectivity index (χ2v) is 7.75. The maximum absolute atomic E-state index is 14.2. The number of carbonyl (C=O) groups is 1. The van der Waals surface area contributed by atoms with E-state index >= 15 is 0 Å². The van der Waals surface area contributed by atoms with E-state index in [4.69, 9.17) is 0 Å². The highest BCUT2D eigenvalue weighted by Gasteiger charge is 2.23. The lowest BCUT2D eigenvalue weighted by Crippen LogP contribution is -2.30. The third-order valence-corrected chi connectivity index (χ3v) is 5.68. The van der Waals surface area contributed by atoms with Crippen LogP contribution in [0, 0.1) is 11.6 Å². The van der Waals surface area contributed by atoms with E-state index in [1.807, 2.05) is 6.07 Å². The van der Waals surface area contributed by atoms with Gasteiger partial charge in [-0.3, -0.25) is 24.6 Å². The predicted molar refractivity (Wildman–Crippen MR) is 114 cm³/mol. The molecule has 0 saturated heterocycles. The molecule has 0 bridgehead atoms. The monoisotopic (exact) mass is 433 g/mol. The van der Waals surface area contributed by atoms with Gasteiger partial charge in [0.2, 0.25) is 0 Å². The maximum atomic E-state index is 14.2. The standard InChI is InChI=1S/C22H13F2N5OS/c23-15-9-16(24)20-19(10-15)31-22(28-20)29(12-13-2-1-5-25-11-13)21(30)14-3-4-17-18(8-14)27-7-6-26-17/h1-11H,12H2. The van der Waals surface area contributed by atoms with Gasteiger partial charge in [-0.15, -0.1) is 0 Å². The summed E-state index contributed by atoms with van der Waals surface area (Å²) in [6.45, 7) is 0.162. The molecule has 0 radical (unpaired) electrons. The molecule has 9 heteroatoms. The summed E-state index contributed by atoms with van der Waals surface area (Å²) < 4.78 is 28.2. The summed E-state index contributed by atoms with van der Waals surface area (Å²) in [4.78, 5) is 31.8. The summed E-state index contributed by atoms with van der Waals surface area (Å²) in [5, 5.41) is 0.257. The van der Waals surface area contributed by atoms with Crippen LogP contribution in [0.25, 0.3) is 21.3 Å². The number of pyridine rings is 1. The average molecular weight is 433 g/mol. The lowest BCUT2D eigenvalue weighted by atomic mass is 10.1. The van der Waals surface area contributed by atoms with E-state index in [0.29, 0.717) is 21.3 Å². The predicted octanol–water partition coefficient (Wildman–Crippen LogP) is 4.76. The van der Waals surface area contributed by atoms with Crippen molar-refractivity contribution in [1.29, 1.82) is 0 Å². The number of thiazole rings is 1. The van der Waals surface area contributed by atoms with Crippen molar-refractivity contribution < 1.29 is 13.6 Å². The Balaban J connectivity index is 1.61. The largest absolute Gasteiger partial charge is 0.279 e. The van der Waals surface area contributed by atoms with E-state index in [0.717, 1.165) is 23.0 Å². The summed E-state index contributed by atoms with van der Waals surface area (Å²) in [5.74, 6) is -1.82. The van der Waals surface area contributed by atoms with Crippen molar-refractivity contribution >= 4 is 43.6 Å². The molecule has 5 aromatic rings. The Morgan fingerprint density at radius 1 is 1.00 bits per heavy atom. The summed E-state index contributed by atoms with van der Waals surface area (Å²) in [5.41, 5.74) is 2.40. The van der Waals surface area contributed by atoms with Gasteiger partial charge in [0.1, 0.15) is 11.3 Å². The normalized spacial score (nSPS) is 11.2. The highest BCUT2D eigenvalue weighted by Crippen LogP contribution is 2.33. The lowest BCUT2D eigenvalue weighted by molar-refractivity contribution is 0.0985. The zero-order valence-corrected chi connectivity index (χ0v) is 16.7. The number of amides is 1. The van der Waals surface area contributed by atoms with E-state index in [9.17, 15) is 13.6 Å². The first-order chi connectivity index (χ1) is 15.1. The zero-order valence-electron chi connectivity index (χ0n) is 15.9. The quantitative estimate of drug-likeness (QED) is 0.409. The van der Waals surface area contributed by atoms with Gasteiger partial charge in [0, 0.05) is 36.4 Å². The first-order valence-electron chi connectivity index (χ1n) is 9.25. The van der Waals surface area contributed by atoms with Crippen LogP contribution in [0.2, 0.25) is 0 Å². The first-order valence-corrected chi connectivity index (χ1v) is 10.1. The molecule has 3 heterocycles. The fourth-order valence-corrected chi connectivity index (χ4v) is 4.22. The molecule has 2 aromatic carbocycles. The van der Waals surface area contributed by atoms with Crippen LogP contribution in [-0.2, 0) is 6.54 Å². The third-order valence-electron chi connectivity index (χ3n) is 4.66. The minimum atomic E-state index is -0.771. The molecule has 31 heavy (non-hydrogen) atoms. The SMILES string of the molecule is O=C(c1ccc2nccnc2c1)N(Cc1cccnc1)c1nc2c(F)cc(F)cc2s1. The summed E-state index contributed by atoms with van der Waals surface area (Å²) in [6, 6.07) is 10.6. The van der Waals surface area contributed by atoms with Crippen LogP contribution >= 0.6 is 11.3 Å². The Morgan fingerprint density at radius 2 is 1.84 bits per heavy atom. The number of carbonyl (C=O) groups excluding carboxylic acids is 1. The van der Waals surface area contributed by atoms with Crippen LogP contribution in [0.1, 0.15) is 15.9 Å². The van der Waals surface area contributed by atoms with Crippen molar-refractivity contribution in [1.82, 2.24) is 19.9 Å². The summed E-state index contributed by atoms with van der Waals surface area (Å²) in [6.07, 6.45) is 6.40.